The molecule has 6 nitrogen and oxygen atoms in total. The molecule has 0 saturated carbocycles. The van der Waals surface area contributed by atoms with Crippen LogP contribution in [0.4, 0.5) is 11.4 Å². The number of para-hydroxylation sites is 1. The van der Waals surface area contributed by atoms with Gasteiger partial charge in [0.25, 0.3) is 15.9 Å². The van der Waals surface area contributed by atoms with Gasteiger partial charge < -0.3 is 10.1 Å². The Morgan fingerprint density at radius 2 is 1.58 bits per heavy atom. The van der Waals surface area contributed by atoms with Gasteiger partial charge in [-0.25, -0.2) is 8.42 Å². The van der Waals surface area contributed by atoms with Gasteiger partial charge in [-0.15, -0.1) is 0 Å². The first kappa shape index (κ1) is 22.8. The van der Waals surface area contributed by atoms with Crippen molar-refractivity contribution in [3.63, 3.8) is 0 Å². The van der Waals surface area contributed by atoms with Crippen molar-refractivity contribution < 1.29 is 17.9 Å². The average Bonchev–Trinajstić information content (AvgIpc) is 2.70. The quantitative estimate of drug-likeness (QED) is 0.465. The van der Waals surface area contributed by atoms with Crippen molar-refractivity contribution in [1.29, 1.82) is 0 Å². The molecule has 31 heavy (non-hydrogen) atoms. The molecule has 0 aliphatic rings. The number of halogens is 1. The smallest absolute Gasteiger partial charge is 0.262 e. The number of ether oxygens (including phenoxy) is 1. The fourth-order valence-electron chi connectivity index (χ4n) is 3.10. The summed E-state index contributed by atoms with van der Waals surface area (Å²) in [4.78, 5) is 12.5. The van der Waals surface area contributed by atoms with Crippen LogP contribution in [-0.4, -0.2) is 20.9 Å². The summed E-state index contributed by atoms with van der Waals surface area (Å²) in [6.45, 7) is 5.38. The highest BCUT2D eigenvalue weighted by molar-refractivity contribution is 9.10. The average molecular weight is 503 g/mol. The van der Waals surface area contributed by atoms with Crippen molar-refractivity contribution in [2.75, 3.05) is 16.6 Å². The number of rotatable bonds is 7. The minimum atomic E-state index is -3.73. The lowest BCUT2D eigenvalue weighted by atomic mass is 10.1. The Morgan fingerprint density at radius 1 is 0.935 bits per heavy atom. The lowest BCUT2D eigenvalue weighted by Gasteiger charge is -2.14. The predicted octanol–water partition coefficient (Wildman–Crippen LogP) is 5.19. The number of nitrogens with one attached hydrogen (secondary N) is 2. The fourth-order valence-corrected chi connectivity index (χ4v) is 4.93. The maximum Gasteiger partial charge on any atom is 0.262 e. The highest BCUT2D eigenvalue weighted by Crippen LogP contribution is 2.26. The highest BCUT2D eigenvalue weighted by atomic mass is 79.9. The number of aryl methyl sites for hydroxylation is 3. The van der Waals surface area contributed by atoms with Crippen LogP contribution in [0.1, 0.15) is 16.7 Å². The molecule has 1 amide bonds. The zero-order valence-electron chi connectivity index (χ0n) is 17.4. The van der Waals surface area contributed by atoms with Crippen LogP contribution in [0.15, 0.2) is 70.0 Å². The Kier molecular flexibility index (Phi) is 7.02. The number of sulfonamides is 1. The second-order valence-corrected chi connectivity index (χ2v) is 9.75. The molecule has 162 valence electrons. The van der Waals surface area contributed by atoms with Crippen LogP contribution in [0.3, 0.4) is 0 Å². The molecule has 0 atom stereocenters. The number of hydrogen-bond acceptors (Lipinski definition) is 4. The number of hydrogen-bond donors (Lipinski definition) is 2. The van der Waals surface area contributed by atoms with E-state index in [2.05, 4.69) is 26.0 Å². The van der Waals surface area contributed by atoms with Crippen LogP contribution in [0.5, 0.6) is 5.75 Å². The predicted molar refractivity (Wildman–Crippen MR) is 126 cm³/mol. The van der Waals surface area contributed by atoms with Crippen LogP contribution in [-0.2, 0) is 14.8 Å². The summed E-state index contributed by atoms with van der Waals surface area (Å²) in [5.41, 5.74) is 3.73. The van der Waals surface area contributed by atoms with Gasteiger partial charge in [-0.3, -0.25) is 9.52 Å². The van der Waals surface area contributed by atoms with E-state index in [9.17, 15) is 13.2 Å². The summed E-state index contributed by atoms with van der Waals surface area (Å²) < 4.78 is 34.3. The second kappa shape index (κ2) is 9.53. The van der Waals surface area contributed by atoms with E-state index in [1.807, 2.05) is 32.0 Å². The van der Waals surface area contributed by atoms with E-state index in [0.29, 0.717) is 17.0 Å². The summed E-state index contributed by atoms with van der Waals surface area (Å²) >= 11 is 3.44. The first-order valence-corrected chi connectivity index (χ1v) is 11.8. The maximum absolute atomic E-state index is 12.6. The molecule has 0 spiro atoms. The summed E-state index contributed by atoms with van der Waals surface area (Å²) in [6.07, 6.45) is 0. The van der Waals surface area contributed by atoms with Gasteiger partial charge in [-0.2, -0.15) is 0 Å². The molecule has 3 aromatic rings. The van der Waals surface area contributed by atoms with Crippen LogP contribution >= 0.6 is 15.9 Å². The van der Waals surface area contributed by atoms with E-state index in [0.717, 1.165) is 21.3 Å². The molecule has 0 fully saturated rings. The van der Waals surface area contributed by atoms with Crippen molar-refractivity contribution in [2.45, 2.75) is 25.7 Å². The van der Waals surface area contributed by atoms with Crippen LogP contribution in [0.2, 0.25) is 0 Å². The zero-order chi connectivity index (χ0) is 22.6. The monoisotopic (exact) mass is 502 g/mol. The molecule has 0 heterocycles. The third kappa shape index (κ3) is 5.86. The second-order valence-electron chi connectivity index (χ2n) is 7.15. The standard InChI is InChI=1S/C23H23BrN2O4S/c1-15-13-20(31(28,29)26-19-7-5-4-6-8-19)9-10-21(15)30-14-22(27)25-23-16(2)11-18(24)12-17(23)3/h4-13,26H,14H2,1-3H3,(H,25,27). The minimum Gasteiger partial charge on any atom is -0.483 e. The van der Waals surface area contributed by atoms with Gasteiger partial charge in [0.05, 0.1) is 4.90 Å². The van der Waals surface area contributed by atoms with E-state index >= 15 is 0 Å². The fraction of sp³-hybridized carbons (Fsp3) is 0.174. The Morgan fingerprint density at radius 3 is 2.19 bits per heavy atom. The molecular weight excluding hydrogens is 480 g/mol. The number of carbonyl (C=O) groups excluding carboxylic acids is 1. The maximum atomic E-state index is 12.6. The van der Waals surface area contributed by atoms with Crippen molar-refractivity contribution >= 4 is 43.2 Å². The molecule has 2 N–H and O–H groups in total. The molecule has 0 saturated heterocycles. The number of carbonyl (C=O) groups is 1. The SMILES string of the molecule is Cc1cc(S(=O)(=O)Nc2ccccc2)ccc1OCC(=O)Nc1c(C)cc(Br)cc1C. The molecule has 8 heteroatoms. The molecule has 0 bridgehead atoms. The van der Waals surface area contributed by atoms with E-state index in [1.54, 1.807) is 37.3 Å². The van der Waals surface area contributed by atoms with Gasteiger partial charge in [0.15, 0.2) is 6.61 Å². The van der Waals surface area contributed by atoms with Gasteiger partial charge in [0, 0.05) is 15.8 Å². The Bertz CT molecular complexity index is 1190. The topological polar surface area (TPSA) is 84.5 Å². The Labute approximate surface area is 190 Å². The van der Waals surface area contributed by atoms with Gasteiger partial charge in [-0.1, -0.05) is 34.1 Å². The van der Waals surface area contributed by atoms with E-state index in [1.165, 1.54) is 12.1 Å². The highest BCUT2D eigenvalue weighted by Gasteiger charge is 2.16. The van der Waals surface area contributed by atoms with Gasteiger partial charge in [-0.05, 0) is 79.9 Å². The van der Waals surface area contributed by atoms with Crippen molar-refractivity contribution in [1.82, 2.24) is 0 Å². The molecule has 3 aromatic carbocycles. The number of anilines is 2. The lowest BCUT2D eigenvalue weighted by molar-refractivity contribution is -0.118. The number of benzene rings is 3. The van der Waals surface area contributed by atoms with Crippen molar-refractivity contribution in [2.24, 2.45) is 0 Å². The molecule has 0 aliphatic heterocycles. The first-order valence-electron chi connectivity index (χ1n) is 9.53. The molecule has 0 aromatic heterocycles. The normalized spacial score (nSPS) is 11.1. The van der Waals surface area contributed by atoms with Crippen LogP contribution in [0, 0.1) is 20.8 Å². The summed E-state index contributed by atoms with van der Waals surface area (Å²) in [6, 6.07) is 17.0. The first-order chi connectivity index (χ1) is 14.7. The molecule has 0 radical (unpaired) electrons. The summed E-state index contributed by atoms with van der Waals surface area (Å²) in [7, 11) is -3.73. The molecule has 0 unspecified atom stereocenters. The van der Waals surface area contributed by atoms with E-state index in [4.69, 9.17) is 4.74 Å². The van der Waals surface area contributed by atoms with Crippen LogP contribution in [0.25, 0.3) is 0 Å². The van der Waals surface area contributed by atoms with Gasteiger partial charge in [0.1, 0.15) is 5.75 Å². The summed E-state index contributed by atoms with van der Waals surface area (Å²) in [5.74, 6) is 0.147. The van der Waals surface area contributed by atoms with E-state index < -0.39 is 10.0 Å². The van der Waals surface area contributed by atoms with Crippen molar-refractivity contribution in [3.8, 4) is 5.75 Å². The van der Waals surface area contributed by atoms with Crippen molar-refractivity contribution in [3.05, 3.63) is 81.8 Å². The lowest BCUT2D eigenvalue weighted by Crippen LogP contribution is -2.21. The third-order valence-electron chi connectivity index (χ3n) is 4.60. The molecule has 0 aliphatic carbocycles. The minimum absolute atomic E-state index is 0.117. The molecule has 3 rings (SSSR count). The zero-order valence-corrected chi connectivity index (χ0v) is 19.8. The molecular formula is C23H23BrN2O4S. The van der Waals surface area contributed by atoms with E-state index in [-0.39, 0.29) is 17.4 Å². The number of amides is 1. The van der Waals surface area contributed by atoms with Gasteiger partial charge in [0.2, 0.25) is 0 Å². The van der Waals surface area contributed by atoms with Crippen LogP contribution < -0.4 is 14.8 Å². The van der Waals surface area contributed by atoms with Gasteiger partial charge >= 0.3 is 0 Å². The third-order valence-corrected chi connectivity index (χ3v) is 6.44. The Balaban J connectivity index is 1.66. The largest absolute Gasteiger partial charge is 0.483 e. The Hall–Kier alpha value is -2.84. The summed E-state index contributed by atoms with van der Waals surface area (Å²) in [5, 5.41) is 2.87.